The molecule has 1 fully saturated rings. The fourth-order valence-corrected chi connectivity index (χ4v) is 4.68. The third-order valence-corrected chi connectivity index (χ3v) is 7.27. The largest absolute Gasteiger partial charge is 0.497 e. The van der Waals surface area contributed by atoms with Crippen LogP contribution in [-0.2, 0) is 19.6 Å². The van der Waals surface area contributed by atoms with Crippen molar-refractivity contribution >= 4 is 18.4 Å². The van der Waals surface area contributed by atoms with Crippen LogP contribution in [0.2, 0.25) is 0 Å². The molecule has 36 heavy (non-hydrogen) atoms. The van der Waals surface area contributed by atoms with Gasteiger partial charge in [0, 0.05) is 23.6 Å². The summed E-state index contributed by atoms with van der Waals surface area (Å²) in [5.74, 6) is -1.76. The lowest BCUT2D eigenvalue weighted by atomic mass is 9.75. The molecular formula is C23H23BF6N2O4. The lowest BCUT2D eigenvalue weighted by Gasteiger charge is -2.34. The Morgan fingerprint density at radius 3 is 2.39 bits per heavy atom. The predicted octanol–water partition coefficient (Wildman–Crippen LogP) is 4.40. The van der Waals surface area contributed by atoms with Gasteiger partial charge in [0.2, 0.25) is 0 Å². The number of benzene rings is 1. The second-order valence-corrected chi connectivity index (χ2v) is 10.1. The highest BCUT2D eigenvalue weighted by molar-refractivity contribution is 6.62. The highest BCUT2D eigenvalue weighted by Gasteiger charge is 2.54. The van der Waals surface area contributed by atoms with E-state index in [2.05, 4.69) is 9.73 Å². The summed E-state index contributed by atoms with van der Waals surface area (Å²) in [5, 5.41) is 0. The maximum absolute atomic E-state index is 15.7. The van der Waals surface area contributed by atoms with Gasteiger partial charge in [0.05, 0.1) is 29.9 Å². The molecule has 194 valence electrons. The van der Waals surface area contributed by atoms with E-state index >= 15 is 4.39 Å². The molecule has 1 spiro atoms. The van der Waals surface area contributed by atoms with Gasteiger partial charge in [0.15, 0.2) is 23.2 Å². The molecule has 0 saturated carbocycles. The van der Waals surface area contributed by atoms with Crippen molar-refractivity contribution in [1.82, 2.24) is 4.90 Å². The lowest BCUT2D eigenvalue weighted by Crippen LogP contribution is -2.41. The van der Waals surface area contributed by atoms with Crippen molar-refractivity contribution in [1.29, 1.82) is 0 Å². The van der Waals surface area contributed by atoms with Gasteiger partial charge in [-0.15, -0.1) is 0 Å². The number of nitrogens with zero attached hydrogens (tertiary/aromatic N) is 2. The Morgan fingerprint density at radius 1 is 1.11 bits per heavy atom. The monoisotopic (exact) mass is 516 g/mol. The number of halogens is 6. The summed E-state index contributed by atoms with van der Waals surface area (Å²) in [5.41, 5.74) is -3.43. The average Bonchev–Trinajstić information content (AvgIpc) is 3.21. The minimum Gasteiger partial charge on any atom is -0.490 e. The Kier molecular flexibility index (Phi) is 5.50. The standard InChI is InChI=1S/C23H23BF6N2O4/c1-20(2)21(3,4)36-24(35-20)14-6-5-13-17(16(14)25)33-8-7-22(13)11-32-10-12(23(28,29)30)9-15(18(32)31-22)34-19(26)27/h5-6,9-10,19H,7-8,11H2,1-4H3/t22-/m1/s1. The predicted molar refractivity (Wildman–Crippen MR) is 117 cm³/mol. The minimum absolute atomic E-state index is 0.00591. The first-order valence-corrected chi connectivity index (χ1v) is 11.3. The maximum atomic E-state index is 15.7. The van der Waals surface area contributed by atoms with E-state index in [9.17, 15) is 22.0 Å². The van der Waals surface area contributed by atoms with Crippen molar-refractivity contribution in [2.45, 2.75) is 63.6 Å². The molecule has 1 atom stereocenters. The topological polar surface area (TPSA) is 52.5 Å². The van der Waals surface area contributed by atoms with Crippen LogP contribution in [0, 0.1) is 5.82 Å². The van der Waals surface area contributed by atoms with Crippen LogP contribution in [0.15, 0.2) is 40.7 Å². The molecule has 4 heterocycles. The molecule has 0 bridgehead atoms. The van der Waals surface area contributed by atoms with Crippen molar-refractivity contribution in [3.05, 3.63) is 47.1 Å². The normalized spacial score (nSPS) is 26.4. The van der Waals surface area contributed by atoms with Crippen molar-refractivity contribution in [3.63, 3.8) is 0 Å². The van der Waals surface area contributed by atoms with E-state index in [1.165, 1.54) is 6.07 Å². The van der Waals surface area contributed by atoms with Crippen LogP contribution in [0.3, 0.4) is 0 Å². The fraction of sp³-hybridized carbons (Fsp3) is 0.522. The molecule has 4 aliphatic rings. The molecule has 13 heteroatoms. The summed E-state index contributed by atoms with van der Waals surface area (Å²) in [4.78, 5) is 5.61. The Morgan fingerprint density at radius 2 is 1.78 bits per heavy atom. The molecule has 4 aliphatic heterocycles. The van der Waals surface area contributed by atoms with Crippen LogP contribution >= 0.6 is 0 Å². The van der Waals surface area contributed by atoms with E-state index in [-0.39, 0.29) is 42.2 Å². The van der Waals surface area contributed by atoms with Gasteiger partial charge in [-0.25, -0.2) is 4.39 Å². The quantitative estimate of drug-likeness (QED) is 0.441. The van der Waals surface area contributed by atoms with E-state index in [1.807, 2.05) is 27.7 Å². The van der Waals surface area contributed by atoms with E-state index in [0.717, 1.165) is 11.1 Å². The summed E-state index contributed by atoms with van der Waals surface area (Å²) in [6, 6.07) is 3.03. The number of ether oxygens (including phenoxy) is 2. The van der Waals surface area contributed by atoms with Crippen LogP contribution < -0.4 is 10.2 Å². The molecule has 0 N–H and O–H groups in total. The SMILES string of the molecule is CC1(C)OB(c2ccc3c(c2F)OCC[C@@]32CN3C=C(C(F)(F)F)C=C(OC(F)F)C3=N2)OC1(C)C. The number of aliphatic imine (C=N–C) groups is 1. The van der Waals surface area contributed by atoms with Crippen LogP contribution in [0.4, 0.5) is 26.3 Å². The molecule has 0 aliphatic carbocycles. The van der Waals surface area contributed by atoms with Crippen LogP contribution in [0.5, 0.6) is 5.75 Å². The molecule has 0 aromatic heterocycles. The van der Waals surface area contributed by atoms with Gasteiger partial charge in [0.25, 0.3) is 0 Å². The summed E-state index contributed by atoms with van der Waals surface area (Å²) < 4.78 is 104. The van der Waals surface area contributed by atoms with Gasteiger partial charge in [-0.1, -0.05) is 12.1 Å². The molecular weight excluding hydrogens is 493 g/mol. The average molecular weight is 516 g/mol. The molecule has 5 rings (SSSR count). The third kappa shape index (κ3) is 3.87. The van der Waals surface area contributed by atoms with Crippen LogP contribution in [0.25, 0.3) is 0 Å². The van der Waals surface area contributed by atoms with Crippen LogP contribution in [0.1, 0.15) is 39.7 Å². The van der Waals surface area contributed by atoms with Crippen molar-refractivity contribution in [2.24, 2.45) is 4.99 Å². The second kappa shape index (κ2) is 7.91. The number of rotatable bonds is 3. The summed E-state index contributed by atoms with van der Waals surface area (Å²) >= 11 is 0. The Hall–Kier alpha value is -2.67. The van der Waals surface area contributed by atoms with Crippen molar-refractivity contribution in [3.8, 4) is 5.75 Å². The lowest BCUT2D eigenvalue weighted by molar-refractivity contribution is -0.0981. The Balaban J connectivity index is 1.55. The minimum atomic E-state index is -4.80. The van der Waals surface area contributed by atoms with Crippen molar-refractivity contribution in [2.75, 3.05) is 13.2 Å². The van der Waals surface area contributed by atoms with Crippen LogP contribution in [-0.4, -0.2) is 55.0 Å². The Bertz CT molecular complexity index is 1180. The third-order valence-electron chi connectivity index (χ3n) is 7.27. The second-order valence-electron chi connectivity index (χ2n) is 10.1. The molecule has 1 aromatic carbocycles. The smallest absolute Gasteiger partial charge is 0.490 e. The zero-order chi connectivity index (χ0) is 26.3. The number of amidine groups is 1. The first-order chi connectivity index (χ1) is 16.6. The zero-order valence-electron chi connectivity index (χ0n) is 19.9. The van der Waals surface area contributed by atoms with Gasteiger partial charge < -0.3 is 23.7 Å². The number of alkyl halides is 5. The molecule has 0 unspecified atom stereocenters. The van der Waals surface area contributed by atoms with E-state index in [1.54, 1.807) is 6.07 Å². The first-order valence-electron chi connectivity index (χ1n) is 11.3. The first kappa shape index (κ1) is 25.0. The molecule has 6 nitrogen and oxygen atoms in total. The summed E-state index contributed by atoms with van der Waals surface area (Å²) in [6.45, 7) is 3.82. The summed E-state index contributed by atoms with van der Waals surface area (Å²) in [6.07, 6.45) is -3.33. The number of fused-ring (bicyclic) bond motifs is 3. The van der Waals surface area contributed by atoms with E-state index in [4.69, 9.17) is 14.0 Å². The highest BCUT2D eigenvalue weighted by atomic mass is 19.4. The Labute approximate surface area is 203 Å². The number of hydrogen-bond acceptors (Lipinski definition) is 6. The molecule has 0 radical (unpaired) electrons. The van der Waals surface area contributed by atoms with E-state index < -0.39 is 53.8 Å². The highest BCUT2D eigenvalue weighted by Crippen LogP contribution is 2.47. The maximum Gasteiger partial charge on any atom is 0.497 e. The van der Waals surface area contributed by atoms with Gasteiger partial charge in [-0.05, 0) is 33.8 Å². The van der Waals surface area contributed by atoms with Gasteiger partial charge in [-0.3, -0.25) is 4.99 Å². The van der Waals surface area contributed by atoms with Gasteiger partial charge >= 0.3 is 19.9 Å². The molecule has 1 aromatic rings. The number of hydrogen-bond donors (Lipinski definition) is 0. The fourth-order valence-electron chi connectivity index (χ4n) is 4.68. The molecule has 0 amide bonds. The van der Waals surface area contributed by atoms with Crippen molar-refractivity contribution < 1.29 is 45.1 Å². The summed E-state index contributed by atoms with van der Waals surface area (Å²) in [7, 11) is -1.01. The zero-order valence-corrected chi connectivity index (χ0v) is 19.9. The molecule has 1 saturated heterocycles. The van der Waals surface area contributed by atoms with Gasteiger partial charge in [-0.2, -0.15) is 22.0 Å². The van der Waals surface area contributed by atoms with E-state index in [0.29, 0.717) is 6.08 Å². The van der Waals surface area contributed by atoms with Gasteiger partial charge in [0.1, 0.15) is 5.54 Å². The number of allylic oxidation sites excluding steroid dienone is 2.